The van der Waals surface area contributed by atoms with Gasteiger partial charge in [-0.25, -0.2) is 0 Å². The summed E-state index contributed by atoms with van der Waals surface area (Å²) in [7, 11) is 3.16. The van der Waals surface area contributed by atoms with Gasteiger partial charge >= 0.3 is 0 Å². The van der Waals surface area contributed by atoms with Crippen LogP contribution in [-0.2, 0) is 6.54 Å². The van der Waals surface area contributed by atoms with E-state index in [1.54, 1.807) is 32.4 Å². The topological polar surface area (TPSA) is 52.5 Å². The highest BCUT2D eigenvalue weighted by molar-refractivity contribution is 6.07. The summed E-state index contributed by atoms with van der Waals surface area (Å²) in [6, 6.07) is 11.1. The fourth-order valence-corrected chi connectivity index (χ4v) is 3.29. The highest BCUT2D eigenvalue weighted by Crippen LogP contribution is 2.30. The first kappa shape index (κ1) is 17.9. The summed E-state index contributed by atoms with van der Waals surface area (Å²) in [6.07, 6.45) is 0. The summed E-state index contributed by atoms with van der Waals surface area (Å²) in [5.41, 5.74) is 4.82. The molecule has 0 radical (unpaired) electrons. The van der Waals surface area contributed by atoms with Gasteiger partial charge in [0.1, 0.15) is 11.5 Å². The normalized spacial score (nSPS) is 10.8. The number of nitrogens with zero attached hydrogens (tertiary/aromatic N) is 1. The van der Waals surface area contributed by atoms with Crippen LogP contribution < -0.4 is 14.8 Å². The molecule has 1 amide bonds. The van der Waals surface area contributed by atoms with Crippen molar-refractivity contribution in [3.63, 3.8) is 0 Å². The number of carbonyl (C=O) groups is 1. The molecule has 0 spiro atoms. The minimum absolute atomic E-state index is 0.170. The number of benzene rings is 2. The van der Waals surface area contributed by atoms with E-state index in [1.807, 2.05) is 18.2 Å². The van der Waals surface area contributed by atoms with E-state index in [0.29, 0.717) is 22.7 Å². The van der Waals surface area contributed by atoms with Gasteiger partial charge in [0.05, 0.1) is 19.9 Å². The lowest BCUT2D eigenvalue weighted by atomic mass is 10.1. The fourth-order valence-electron chi connectivity index (χ4n) is 3.29. The second-order valence-corrected chi connectivity index (χ2v) is 6.21. The van der Waals surface area contributed by atoms with Crippen LogP contribution in [0.2, 0.25) is 0 Å². The molecule has 0 saturated carbocycles. The second kappa shape index (κ2) is 7.12. The smallest absolute Gasteiger partial charge is 0.255 e. The number of carbonyl (C=O) groups excluding carboxylic acids is 1. The number of methoxy groups -OCH3 is 2. The van der Waals surface area contributed by atoms with E-state index in [9.17, 15) is 4.79 Å². The molecule has 0 unspecified atom stereocenters. The average molecular weight is 352 g/mol. The van der Waals surface area contributed by atoms with E-state index in [1.165, 1.54) is 11.3 Å². The predicted molar refractivity (Wildman–Crippen MR) is 105 cm³/mol. The van der Waals surface area contributed by atoms with Crippen molar-refractivity contribution in [3.8, 4) is 11.5 Å². The first-order chi connectivity index (χ1) is 12.5. The zero-order valence-electron chi connectivity index (χ0n) is 15.8. The molecule has 2 aromatic carbocycles. The first-order valence-corrected chi connectivity index (χ1v) is 8.63. The molecule has 3 rings (SSSR count). The average Bonchev–Trinajstić information content (AvgIpc) is 2.91. The van der Waals surface area contributed by atoms with Gasteiger partial charge in [0.25, 0.3) is 5.91 Å². The van der Waals surface area contributed by atoms with Gasteiger partial charge in [0.2, 0.25) is 0 Å². The van der Waals surface area contributed by atoms with Crippen molar-refractivity contribution >= 4 is 22.5 Å². The van der Waals surface area contributed by atoms with Crippen molar-refractivity contribution in [2.75, 3.05) is 19.5 Å². The Labute approximate surface area is 153 Å². The fraction of sp³-hybridized carbons (Fsp3) is 0.286. The van der Waals surface area contributed by atoms with Crippen molar-refractivity contribution in [1.29, 1.82) is 0 Å². The van der Waals surface area contributed by atoms with E-state index >= 15 is 0 Å². The number of fused-ring (bicyclic) bond motifs is 1. The molecule has 1 heterocycles. The van der Waals surface area contributed by atoms with Gasteiger partial charge < -0.3 is 19.4 Å². The van der Waals surface area contributed by atoms with Crippen LogP contribution in [0.3, 0.4) is 0 Å². The zero-order chi connectivity index (χ0) is 18.8. The van der Waals surface area contributed by atoms with Crippen LogP contribution in [0.25, 0.3) is 10.9 Å². The SMILES string of the molecule is CCn1c(C)c(C)c2cc(C(=O)Nc3ccc(OC)cc3OC)ccc21. The van der Waals surface area contributed by atoms with Gasteiger partial charge in [0, 0.05) is 34.8 Å². The van der Waals surface area contributed by atoms with Crippen molar-refractivity contribution < 1.29 is 14.3 Å². The van der Waals surface area contributed by atoms with Crippen LogP contribution in [0.5, 0.6) is 11.5 Å². The maximum atomic E-state index is 12.7. The molecule has 0 fully saturated rings. The molecular formula is C21H24N2O3. The summed E-state index contributed by atoms with van der Waals surface area (Å²) in [6.45, 7) is 7.24. The largest absolute Gasteiger partial charge is 0.497 e. The molecule has 0 aliphatic heterocycles. The highest BCUT2D eigenvalue weighted by Gasteiger charge is 2.15. The van der Waals surface area contributed by atoms with Gasteiger partial charge in [-0.1, -0.05) is 0 Å². The molecule has 0 atom stereocenters. The Bertz CT molecular complexity index is 973. The molecule has 0 bridgehead atoms. The van der Waals surface area contributed by atoms with E-state index < -0.39 is 0 Å². The van der Waals surface area contributed by atoms with Crippen LogP contribution in [0, 0.1) is 13.8 Å². The second-order valence-electron chi connectivity index (χ2n) is 6.21. The van der Waals surface area contributed by atoms with Crippen molar-refractivity contribution in [2.45, 2.75) is 27.3 Å². The number of nitrogens with one attached hydrogen (secondary N) is 1. The summed E-state index contributed by atoms with van der Waals surface area (Å²) in [5.74, 6) is 1.06. The molecular weight excluding hydrogens is 328 g/mol. The third kappa shape index (κ3) is 3.01. The van der Waals surface area contributed by atoms with Crippen molar-refractivity contribution in [2.24, 2.45) is 0 Å². The third-order valence-corrected chi connectivity index (χ3v) is 4.87. The maximum absolute atomic E-state index is 12.7. The summed E-state index contributed by atoms with van der Waals surface area (Å²) < 4.78 is 12.8. The molecule has 5 heteroatoms. The minimum atomic E-state index is -0.170. The molecule has 0 aliphatic carbocycles. The summed E-state index contributed by atoms with van der Waals surface area (Å²) >= 11 is 0. The number of aryl methyl sites for hydroxylation is 2. The van der Waals surface area contributed by atoms with Crippen LogP contribution in [0.1, 0.15) is 28.5 Å². The monoisotopic (exact) mass is 352 g/mol. The van der Waals surface area contributed by atoms with Crippen LogP contribution in [0.15, 0.2) is 36.4 Å². The quantitative estimate of drug-likeness (QED) is 0.733. The Balaban J connectivity index is 1.95. The van der Waals surface area contributed by atoms with E-state index in [4.69, 9.17) is 9.47 Å². The molecule has 26 heavy (non-hydrogen) atoms. The maximum Gasteiger partial charge on any atom is 0.255 e. The Morgan fingerprint density at radius 1 is 1.08 bits per heavy atom. The molecule has 1 aromatic heterocycles. The van der Waals surface area contributed by atoms with Gasteiger partial charge in [-0.15, -0.1) is 0 Å². The molecule has 3 aromatic rings. The third-order valence-electron chi connectivity index (χ3n) is 4.87. The molecule has 136 valence electrons. The lowest BCUT2D eigenvalue weighted by Gasteiger charge is -2.12. The van der Waals surface area contributed by atoms with Crippen LogP contribution in [-0.4, -0.2) is 24.7 Å². The Morgan fingerprint density at radius 3 is 2.50 bits per heavy atom. The molecule has 1 N–H and O–H groups in total. The number of rotatable bonds is 5. The Hall–Kier alpha value is -2.95. The number of ether oxygens (including phenoxy) is 2. The predicted octanol–water partition coefficient (Wildman–Crippen LogP) is 4.55. The molecule has 0 aliphatic rings. The van der Waals surface area contributed by atoms with E-state index in [-0.39, 0.29) is 5.91 Å². The van der Waals surface area contributed by atoms with Gasteiger partial charge in [-0.3, -0.25) is 4.79 Å². The summed E-state index contributed by atoms with van der Waals surface area (Å²) in [4.78, 5) is 12.7. The Morgan fingerprint density at radius 2 is 1.85 bits per heavy atom. The highest BCUT2D eigenvalue weighted by atomic mass is 16.5. The molecule has 5 nitrogen and oxygen atoms in total. The first-order valence-electron chi connectivity index (χ1n) is 8.63. The number of anilines is 1. The van der Waals surface area contributed by atoms with Crippen LogP contribution >= 0.6 is 0 Å². The number of hydrogen-bond donors (Lipinski definition) is 1. The lowest BCUT2D eigenvalue weighted by Crippen LogP contribution is -2.12. The summed E-state index contributed by atoms with van der Waals surface area (Å²) in [5, 5.41) is 4.03. The lowest BCUT2D eigenvalue weighted by molar-refractivity contribution is 0.102. The van der Waals surface area contributed by atoms with Gasteiger partial charge in [-0.05, 0) is 56.7 Å². The van der Waals surface area contributed by atoms with Crippen molar-refractivity contribution in [1.82, 2.24) is 4.57 Å². The molecule has 0 saturated heterocycles. The zero-order valence-corrected chi connectivity index (χ0v) is 15.8. The van der Waals surface area contributed by atoms with E-state index in [2.05, 4.69) is 30.7 Å². The minimum Gasteiger partial charge on any atom is -0.497 e. The number of amides is 1. The Kier molecular flexibility index (Phi) is 4.89. The standard InChI is InChI=1S/C21H24N2O3/c1-6-23-14(3)13(2)17-11-15(7-10-19(17)23)21(24)22-18-9-8-16(25-4)12-20(18)26-5/h7-12H,6H2,1-5H3,(H,22,24). The van der Waals surface area contributed by atoms with Gasteiger partial charge in [0.15, 0.2) is 0 Å². The number of aromatic nitrogens is 1. The van der Waals surface area contributed by atoms with Crippen LogP contribution in [0.4, 0.5) is 5.69 Å². The van der Waals surface area contributed by atoms with E-state index in [0.717, 1.165) is 17.4 Å². The van der Waals surface area contributed by atoms with Gasteiger partial charge in [-0.2, -0.15) is 0 Å². The van der Waals surface area contributed by atoms with Crippen molar-refractivity contribution in [3.05, 3.63) is 53.2 Å². The number of hydrogen-bond acceptors (Lipinski definition) is 3.